The number of ether oxygens (including phenoxy) is 2. The fraction of sp³-hybridized carbons (Fsp3) is 0.600. The highest BCUT2D eigenvalue weighted by Crippen LogP contribution is 2.22. The van der Waals surface area contributed by atoms with E-state index in [2.05, 4.69) is 12.2 Å². The summed E-state index contributed by atoms with van der Waals surface area (Å²) in [6, 6.07) is 5.85. The van der Waals surface area contributed by atoms with Gasteiger partial charge in [0.25, 0.3) is 0 Å². The van der Waals surface area contributed by atoms with Crippen molar-refractivity contribution in [3.63, 3.8) is 0 Å². The van der Waals surface area contributed by atoms with Crippen molar-refractivity contribution in [2.45, 2.75) is 32.9 Å². The van der Waals surface area contributed by atoms with Crippen LogP contribution in [-0.2, 0) is 6.54 Å². The van der Waals surface area contributed by atoms with Crippen molar-refractivity contribution in [3.8, 4) is 11.5 Å². The molecule has 19 heavy (non-hydrogen) atoms. The Balaban J connectivity index is 2.48. The molecule has 4 nitrogen and oxygen atoms in total. The summed E-state index contributed by atoms with van der Waals surface area (Å²) < 4.78 is 10.5. The molecule has 0 aliphatic rings. The van der Waals surface area contributed by atoms with E-state index in [0.717, 1.165) is 36.6 Å². The minimum atomic E-state index is -0.242. The number of rotatable bonds is 8. The molecule has 0 fully saturated rings. The zero-order chi connectivity index (χ0) is 14.3. The summed E-state index contributed by atoms with van der Waals surface area (Å²) in [6.45, 7) is 5.59. The number of methoxy groups -OCH3 is 2. The van der Waals surface area contributed by atoms with E-state index in [9.17, 15) is 5.11 Å². The van der Waals surface area contributed by atoms with Gasteiger partial charge >= 0.3 is 0 Å². The molecule has 2 N–H and O–H groups in total. The summed E-state index contributed by atoms with van der Waals surface area (Å²) in [5.41, 5.74) is 1.13. The maximum Gasteiger partial charge on any atom is 0.122 e. The van der Waals surface area contributed by atoms with Crippen LogP contribution in [-0.4, -0.2) is 32.0 Å². The topological polar surface area (TPSA) is 50.7 Å². The molecule has 1 aromatic carbocycles. The third kappa shape index (κ3) is 5.94. The third-order valence-corrected chi connectivity index (χ3v) is 2.98. The Morgan fingerprint density at radius 3 is 2.16 bits per heavy atom. The molecule has 0 radical (unpaired) electrons. The lowest BCUT2D eigenvalue weighted by Crippen LogP contribution is -2.23. The van der Waals surface area contributed by atoms with Gasteiger partial charge in [0.05, 0.1) is 20.3 Å². The summed E-state index contributed by atoms with van der Waals surface area (Å²) in [5.74, 6) is 2.05. The Morgan fingerprint density at radius 1 is 1.11 bits per heavy atom. The Bertz CT molecular complexity index is 357. The van der Waals surface area contributed by atoms with Gasteiger partial charge in [-0.05, 0) is 43.5 Å². The molecule has 0 bridgehead atoms. The molecule has 2 unspecified atom stereocenters. The molecule has 0 aromatic heterocycles. The van der Waals surface area contributed by atoms with E-state index in [0.29, 0.717) is 5.92 Å². The molecule has 0 saturated heterocycles. The van der Waals surface area contributed by atoms with Crippen molar-refractivity contribution in [1.29, 1.82) is 0 Å². The number of hydrogen-bond donors (Lipinski definition) is 2. The smallest absolute Gasteiger partial charge is 0.122 e. The normalized spacial score (nSPS) is 13.9. The quantitative estimate of drug-likeness (QED) is 0.758. The fourth-order valence-electron chi connectivity index (χ4n) is 2.10. The van der Waals surface area contributed by atoms with Crippen LogP contribution in [0.1, 0.15) is 25.8 Å². The molecule has 0 heterocycles. The minimum absolute atomic E-state index is 0.242. The molecule has 2 atom stereocenters. The van der Waals surface area contributed by atoms with E-state index in [1.807, 2.05) is 25.1 Å². The zero-order valence-electron chi connectivity index (χ0n) is 12.3. The highest BCUT2D eigenvalue weighted by atomic mass is 16.5. The van der Waals surface area contributed by atoms with Crippen LogP contribution >= 0.6 is 0 Å². The van der Waals surface area contributed by atoms with E-state index in [4.69, 9.17) is 9.47 Å². The number of aliphatic hydroxyl groups is 1. The number of aliphatic hydroxyl groups excluding tert-OH is 1. The van der Waals surface area contributed by atoms with Crippen LogP contribution in [0.5, 0.6) is 11.5 Å². The molecular formula is C15H25NO3. The zero-order valence-corrected chi connectivity index (χ0v) is 12.3. The minimum Gasteiger partial charge on any atom is -0.497 e. The molecule has 0 aliphatic carbocycles. The van der Waals surface area contributed by atoms with Crippen molar-refractivity contribution in [1.82, 2.24) is 5.32 Å². The second kappa shape index (κ2) is 8.02. The van der Waals surface area contributed by atoms with Crippen molar-refractivity contribution in [2.75, 3.05) is 20.8 Å². The lowest BCUT2D eigenvalue weighted by atomic mass is 10.0. The van der Waals surface area contributed by atoms with Crippen molar-refractivity contribution in [3.05, 3.63) is 23.8 Å². The summed E-state index contributed by atoms with van der Waals surface area (Å²) in [6.07, 6.45) is 0.572. The first-order valence-corrected chi connectivity index (χ1v) is 6.66. The monoisotopic (exact) mass is 267 g/mol. The van der Waals surface area contributed by atoms with Gasteiger partial charge in [-0.25, -0.2) is 0 Å². The van der Waals surface area contributed by atoms with Crippen molar-refractivity contribution < 1.29 is 14.6 Å². The average molecular weight is 267 g/mol. The van der Waals surface area contributed by atoms with Crippen LogP contribution in [0.25, 0.3) is 0 Å². The van der Waals surface area contributed by atoms with E-state index >= 15 is 0 Å². The van der Waals surface area contributed by atoms with E-state index in [1.165, 1.54) is 0 Å². The number of nitrogens with one attached hydrogen (secondary N) is 1. The SMILES string of the molecule is COc1cc(CNCC(C)CC(C)O)cc(OC)c1. The summed E-state index contributed by atoms with van der Waals surface area (Å²) in [7, 11) is 3.30. The molecule has 1 aromatic rings. The third-order valence-electron chi connectivity index (χ3n) is 2.98. The number of hydrogen-bond acceptors (Lipinski definition) is 4. The maximum atomic E-state index is 9.31. The van der Waals surface area contributed by atoms with Gasteiger partial charge in [0, 0.05) is 12.6 Å². The molecule has 0 saturated carbocycles. The lowest BCUT2D eigenvalue weighted by Gasteiger charge is -2.15. The van der Waals surface area contributed by atoms with E-state index in [1.54, 1.807) is 14.2 Å². The first kappa shape index (κ1) is 15.8. The number of benzene rings is 1. The van der Waals surface area contributed by atoms with Gasteiger partial charge in [-0.15, -0.1) is 0 Å². The van der Waals surface area contributed by atoms with Gasteiger partial charge in [-0.3, -0.25) is 0 Å². The second-order valence-corrected chi connectivity index (χ2v) is 5.04. The van der Waals surface area contributed by atoms with Gasteiger partial charge in [-0.2, -0.15) is 0 Å². The lowest BCUT2D eigenvalue weighted by molar-refractivity contribution is 0.163. The summed E-state index contributed by atoms with van der Waals surface area (Å²) >= 11 is 0. The van der Waals surface area contributed by atoms with Gasteiger partial charge in [0.15, 0.2) is 0 Å². The predicted molar refractivity (Wildman–Crippen MR) is 76.7 cm³/mol. The molecule has 1 rings (SSSR count). The maximum absolute atomic E-state index is 9.31. The molecule has 0 aliphatic heterocycles. The molecule has 0 spiro atoms. The standard InChI is InChI=1S/C15H25NO3/c1-11(5-12(2)17)9-16-10-13-6-14(18-3)8-15(7-13)19-4/h6-8,11-12,16-17H,5,9-10H2,1-4H3. The summed E-state index contributed by atoms with van der Waals surface area (Å²) in [5, 5.41) is 12.7. The molecule has 108 valence electrons. The van der Waals surface area contributed by atoms with Crippen LogP contribution in [0.2, 0.25) is 0 Å². The van der Waals surface area contributed by atoms with Gasteiger partial charge in [0.1, 0.15) is 11.5 Å². The Kier molecular flexibility index (Phi) is 6.67. The van der Waals surface area contributed by atoms with Gasteiger partial charge in [0.2, 0.25) is 0 Å². The fourth-order valence-corrected chi connectivity index (χ4v) is 2.10. The van der Waals surface area contributed by atoms with Crippen molar-refractivity contribution >= 4 is 0 Å². The Hall–Kier alpha value is -1.26. The first-order chi connectivity index (χ1) is 9.05. The van der Waals surface area contributed by atoms with Crippen LogP contribution in [0.3, 0.4) is 0 Å². The molecular weight excluding hydrogens is 242 g/mol. The summed E-state index contributed by atoms with van der Waals surface area (Å²) in [4.78, 5) is 0. The average Bonchev–Trinajstić information content (AvgIpc) is 2.37. The van der Waals surface area contributed by atoms with Crippen LogP contribution < -0.4 is 14.8 Å². The van der Waals surface area contributed by atoms with Gasteiger partial charge in [-0.1, -0.05) is 6.92 Å². The first-order valence-electron chi connectivity index (χ1n) is 6.66. The molecule has 0 amide bonds. The highest BCUT2D eigenvalue weighted by Gasteiger charge is 2.06. The van der Waals surface area contributed by atoms with Crippen molar-refractivity contribution in [2.24, 2.45) is 5.92 Å². The van der Waals surface area contributed by atoms with Crippen LogP contribution in [0, 0.1) is 5.92 Å². The van der Waals surface area contributed by atoms with Gasteiger partial charge < -0.3 is 19.9 Å². The van der Waals surface area contributed by atoms with Crippen LogP contribution in [0.15, 0.2) is 18.2 Å². The van der Waals surface area contributed by atoms with Crippen LogP contribution in [0.4, 0.5) is 0 Å². The highest BCUT2D eigenvalue weighted by molar-refractivity contribution is 5.38. The Labute approximate surface area is 115 Å². The van der Waals surface area contributed by atoms with E-state index < -0.39 is 0 Å². The van der Waals surface area contributed by atoms with E-state index in [-0.39, 0.29) is 6.10 Å². The largest absolute Gasteiger partial charge is 0.497 e. The molecule has 4 heteroatoms. The predicted octanol–water partition coefficient (Wildman–Crippen LogP) is 2.20. The Morgan fingerprint density at radius 2 is 1.68 bits per heavy atom. The second-order valence-electron chi connectivity index (χ2n) is 5.04.